The number of aryl methyl sites for hydroxylation is 2. The van der Waals surface area contributed by atoms with Gasteiger partial charge in [-0.15, -0.1) is 11.3 Å². The third kappa shape index (κ3) is 6.23. The number of aromatic nitrogens is 3. The van der Waals surface area contributed by atoms with Gasteiger partial charge in [0.1, 0.15) is 0 Å². The third-order valence-electron chi connectivity index (χ3n) is 6.08. The first-order valence-corrected chi connectivity index (χ1v) is 14.2. The smallest absolute Gasteiger partial charge is 0.407 e. The van der Waals surface area contributed by atoms with Gasteiger partial charge < -0.3 is 15.4 Å². The highest BCUT2D eigenvalue weighted by molar-refractivity contribution is 7.89. The van der Waals surface area contributed by atoms with E-state index < -0.39 is 10.0 Å². The molecule has 3 aromatic rings. The highest BCUT2D eigenvalue weighted by atomic mass is 32.2. The highest BCUT2D eigenvalue weighted by Gasteiger charge is 2.28. The molecule has 0 atom stereocenters. The van der Waals surface area contributed by atoms with Crippen LogP contribution in [0, 0.1) is 6.92 Å². The van der Waals surface area contributed by atoms with E-state index in [1.54, 1.807) is 36.3 Å². The normalized spacial score (nSPS) is 18.3. The van der Waals surface area contributed by atoms with E-state index in [0.29, 0.717) is 11.3 Å². The van der Waals surface area contributed by atoms with Crippen molar-refractivity contribution < 1.29 is 17.9 Å². The average Bonchev–Trinajstić information content (AvgIpc) is 3.38. The Kier molecular flexibility index (Phi) is 7.67. The predicted octanol–water partition coefficient (Wildman–Crippen LogP) is 4.40. The number of amides is 1. The fraction of sp³-hybridized carbons (Fsp3) is 0.458. The van der Waals surface area contributed by atoms with Crippen LogP contribution in [-0.4, -0.2) is 41.4 Å². The van der Waals surface area contributed by atoms with Crippen LogP contribution in [0.25, 0.3) is 10.4 Å². The lowest BCUT2D eigenvalue weighted by atomic mass is 9.86. The average molecular weight is 533 g/mol. The zero-order chi connectivity index (χ0) is 26.0. The van der Waals surface area contributed by atoms with Gasteiger partial charge in [0.25, 0.3) is 0 Å². The van der Waals surface area contributed by atoms with Gasteiger partial charge in [-0.25, -0.2) is 23.3 Å². The molecule has 10 nitrogen and oxygen atoms in total. The summed E-state index contributed by atoms with van der Waals surface area (Å²) in [5, 5.41) is 16.8. The predicted molar refractivity (Wildman–Crippen MR) is 140 cm³/mol. The number of alkyl carbamates (subject to hydrolysis) is 1. The topological polar surface area (TPSA) is 141 Å². The number of primary sulfonamides is 1. The van der Waals surface area contributed by atoms with Crippen LogP contribution < -0.4 is 15.8 Å². The number of carbonyl (C=O) groups excluding carboxylic acids is 1. The summed E-state index contributed by atoms with van der Waals surface area (Å²) in [7, 11) is -2.18. The second-order valence-corrected chi connectivity index (χ2v) is 12.0. The molecule has 2 heterocycles. The van der Waals surface area contributed by atoms with Crippen LogP contribution in [-0.2, 0) is 21.8 Å². The Morgan fingerprint density at radius 1 is 1.22 bits per heavy atom. The Balaban J connectivity index is 1.52. The molecule has 0 radical (unpaired) electrons. The third-order valence-corrected chi connectivity index (χ3v) is 8.38. The lowest BCUT2D eigenvalue weighted by molar-refractivity contribution is 0.109. The number of hydrogen-bond acceptors (Lipinski definition) is 8. The summed E-state index contributed by atoms with van der Waals surface area (Å²) >= 11 is 1.51. The fourth-order valence-electron chi connectivity index (χ4n) is 4.42. The van der Waals surface area contributed by atoms with Gasteiger partial charge in [-0.1, -0.05) is 6.07 Å². The standard InChI is InChI=1S/C24H32N6O4S2/c1-14(2)34-24(31)29-17-7-5-16(6-8-17)23-27-15(3)22(35-23)20-10-9-18(11-21(20)36(25,32)33)28-19-12-26-30(4)13-19/h9-14,16-17,28H,5-8H2,1-4H3,(H,29,31)(H2,25,32,33). The van der Waals surface area contributed by atoms with Gasteiger partial charge in [0, 0.05) is 36.5 Å². The van der Waals surface area contributed by atoms with Crippen molar-refractivity contribution in [3.05, 3.63) is 41.3 Å². The van der Waals surface area contributed by atoms with Gasteiger partial charge in [-0.05, 0) is 58.6 Å². The molecule has 36 heavy (non-hydrogen) atoms. The van der Waals surface area contributed by atoms with Crippen molar-refractivity contribution in [2.75, 3.05) is 5.32 Å². The van der Waals surface area contributed by atoms with Crippen LogP contribution >= 0.6 is 11.3 Å². The zero-order valence-electron chi connectivity index (χ0n) is 20.8. The molecule has 0 spiro atoms. The number of nitrogens with one attached hydrogen (secondary N) is 2. The van der Waals surface area contributed by atoms with Crippen molar-refractivity contribution in [3.63, 3.8) is 0 Å². The van der Waals surface area contributed by atoms with Gasteiger partial charge in [-0.2, -0.15) is 5.10 Å². The first-order chi connectivity index (χ1) is 17.0. The number of hydrogen-bond donors (Lipinski definition) is 3. The Hall–Kier alpha value is -2.96. The van der Waals surface area contributed by atoms with Crippen molar-refractivity contribution in [2.24, 2.45) is 12.2 Å². The monoisotopic (exact) mass is 532 g/mol. The molecular weight excluding hydrogens is 500 g/mol. The Bertz CT molecular complexity index is 1340. The number of carbonyl (C=O) groups is 1. The summed E-state index contributed by atoms with van der Waals surface area (Å²) < 4.78 is 31.9. The minimum absolute atomic E-state index is 0.0475. The lowest BCUT2D eigenvalue weighted by Gasteiger charge is -2.28. The van der Waals surface area contributed by atoms with E-state index in [1.807, 2.05) is 26.8 Å². The molecule has 12 heteroatoms. The Morgan fingerprint density at radius 2 is 1.94 bits per heavy atom. The van der Waals surface area contributed by atoms with E-state index in [0.717, 1.165) is 46.9 Å². The fourth-order valence-corrected chi connectivity index (χ4v) is 6.52. The van der Waals surface area contributed by atoms with E-state index in [-0.39, 0.29) is 29.1 Å². The lowest BCUT2D eigenvalue weighted by Crippen LogP contribution is -2.38. The van der Waals surface area contributed by atoms with Crippen molar-refractivity contribution in [1.82, 2.24) is 20.1 Å². The number of nitrogens with two attached hydrogens (primary N) is 1. The summed E-state index contributed by atoms with van der Waals surface area (Å²) in [6.45, 7) is 5.54. The van der Waals surface area contributed by atoms with Crippen molar-refractivity contribution in [2.45, 2.75) is 69.4 Å². The minimum Gasteiger partial charge on any atom is -0.447 e. The van der Waals surface area contributed by atoms with E-state index in [4.69, 9.17) is 14.9 Å². The molecular formula is C24H32N6O4S2. The number of sulfonamides is 1. The molecule has 2 aromatic heterocycles. The molecule has 1 saturated carbocycles. The molecule has 0 saturated heterocycles. The molecule has 1 aromatic carbocycles. The van der Waals surface area contributed by atoms with Gasteiger partial charge in [0.2, 0.25) is 10.0 Å². The molecule has 4 N–H and O–H groups in total. The second kappa shape index (κ2) is 10.6. The molecule has 1 aliphatic carbocycles. The summed E-state index contributed by atoms with van der Waals surface area (Å²) in [6.07, 6.45) is 6.36. The summed E-state index contributed by atoms with van der Waals surface area (Å²) in [6, 6.07) is 5.22. The van der Waals surface area contributed by atoms with Crippen LogP contribution in [0.4, 0.5) is 16.2 Å². The van der Waals surface area contributed by atoms with Gasteiger partial charge in [0.15, 0.2) is 0 Å². The largest absolute Gasteiger partial charge is 0.447 e. The maximum Gasteiger partial charge on any atom is 0.407 e. The molecule has 4 rings (SSSR count). The van der Waals surface area contributed by atoms with Gasteiger partial charge in [0.05, 0.1) is 38.5 Å². The zero-order valence-corrected chi connectivity index (χ0v) is 22.4. The quantitative estimate of drug-likeness (QED) is 0.409. The van der Waals surface area contributed by atoms with Crippen LogP contribution in [0.2, 0.25) is 0 Å². The number of anilines is 2. The van der Waals surface area contributed by atoms with E-state index in [2.05, 4.69) is 15.7 Å². The molecule has 1 amide bonds. The molecule has 0 aliphatic heterocycles. The summed E-state index contributed by atoms with van der Waals surface area (Å²) in [5.74, 6) is 0.256. The van der Waals surface area contributed by atoms with Crippen LogP contribution in [0.15, 0.2) is 35.5 Å². The molecule has 0 bridgehead atoms. The Labute approximate surface area is 215 Å². The molecule has 1 aliphatic rings. The molecule has 194 valence electrons. The Morgan fingerprint density at radius 3 is 2.56 bits per heavy atom. The first-order valence-electron chi connectivity index (χ1n) is 11.9. The molecule has 0 unspecified atom stereocenters. The second-order valence-electron chi connectivity index (χ2n) is 9.40. The summed E-state index contributed by atoms with van der Waals surface area (Å²) in [5.41, 5.74) is 2.65. The van der Waals surface area contributed by atoms with Crippen LogP contribution in [0.3, 0.4) is 0 Å². The van der Waals surface area contributed by atoms with Crippen molar-refractivity contribution in [3.8, 4) is 10.4 Å². The maximum atomic E-state index is 12.5. The van der Waals surface area contributed by atoms with E-state index in [1.165, 1.54) is 11.3 Å². The number of rotatable bonds is 7. The maximum absolute atomic E-state index is 12.5. The van der Waals surface area contributed by atoms with Crippen molar-refractivity contribution >= 4 is 38.8 Å². The number of benzene rings is 1. The van der Waals surface area contributed by atoms with Crippen molar-refractivity contribution in [1.29, 1.82) is 0 Å². The highest BCUT2D eigenvalue weighted by Crippen LogP contribution is 2.41. The first kappa shape index (κ1) is 26.1. The van der Waals surface area contributed by atoms with Crippen LogP contribution in [0.1, 0.15) is 56.2 Å². The van der Waals surface area contributed by atoms with Gasteiger partial charge in [-0.3, -0.25) is 4.68 Å². The number of ether oxygens (including phenoxy) is 1. The van der Waals surface area contributed by atoms with E-state index >= 15 is 0 Å². The molecule has 1 fully saturated rings. The summed E-state index contributed by atoms with van der Waals surface area (Å²) in [4.78, 5) is 17.5. The van der Waals surface area contributed by atoms with E-state index in [9.17, 15) is 13.2 Å². The minimum atomic E-state index is -3.99. The SMILES string of the molecule is Cc1nc(C2CCC(NC(=O)OC(C)C)CC2)sc1-c1ccc(Nc2cnn(C)c2)cc1S(N)(=O)=O. The number of thiazole rings is 1. The number of nitrogens with zero attached hydrogens (tertiary/aromatic N) is 3. The van der Waals surface area contributed by atoms with Gasteiger partial charge >= 0.3 is 6.09 Å². The van der Waals surface area contributed by atoms with Crippen LogP contribution in [0.5, 0.6) is 0 Å².